The van der Waals surface area contributed by atoms with E-state index in [0.29, 0.717) is 18.7 Å². The number of amides is 1. The summed E-state index contributed by atoms with van der Waals surface area (Å²) in [7, 11) is 1.61. The van der Waals surface area contributed by atoms with Gasteiger partial charge in [-0.1, -0.05) is 13.0 Å². The molecular weight excluding hydrogens is 228 g/mol. The first-order valence-corrected chi connectivity index (χ1v) is 6.22. The number of carbonyl (C=O) groups excluding carboxylic acids is 1. The van der Waals surface area contributed by atoms with Gasteiger partial charge in [-0.3, -0.25) is 4.79 Å². The highest BCUT2D eigenvalue weighted by atomic mass is 16.5. The lowest BCUT2D eigenvalue weighted by Gasteiger charge is -2.47. The van der Waals surface area contributed by atoms with Crippen molar-refractivity contribution in [2.75, 3.05) is 20.2 Å². The van der Waals surface area contributed by atoms with Gasteiger partial charge in [-0.05, 0) is 31.0 Å². The molecule has 0 aliphatic carbocycles. The van der Waals surface area contributed by atoms with Gasteiger partial charge in [-0.25, -0.2) is 0 Å². The molecule has 0 unspecified atom stereocenters. The zero-order valence-corrected chi connectivity index (χ0v) is 11.2. The fourth-order valence-corrected chi connectivity index (χ4v) is 2.22. The highest BCUT2D eigenvalue weighted by Crippen LogP contribution is 2.25. The van der Waals surface area contributed by atoms with Gasteiger partial charge in [0.2, 0.25) is 0 Å². The van der Waals surface area contributed by atoms with Crippen LogP contribution in [0.3, 0.4) is 0 Å². The van der Waals surface area contributed by atoms with Crippen LogP contribution in [0.15, 0.2) is 18.2 Å². The number of hydrogen-bond donors (Lipinski definition) is 1. The van der Waals surface area contributed by atoms with Gasteiger partial charge in [0.15, 0.2) is 0 Å². The summed E-state index contributed by atoms with van der Waals surface area (Å²) in [4.78, 5) is 14.0. The van der Waals surface area contributed by atoms with Crippen molar-refractivity contribution in [3.63, 3.8) is 0 Å². The molecule has 1 heterocycles. The van der Waals surface area contributed by atoms with Crippen molar-refractivity contribution in [2.24, 2.45) is 5.73 Å². The predicted molar refractivity (Wildman–Crippen MR) is 70.8 cm³/mol. The molecule has 2 rings (SSSR count). The van der Waals surface area contributed by atoms with E-state index in [1.807, 2.05) is 19.1 Å². The molecule has 1 saturated heterocycles. The van der Waals surface area contributed by atoms with E-state index in [9.17, 15) is 4.79 Å². The maximum atomic E-state index is 12.2. The quantitative estimate of drug-likeness (QED) is 0.883. The summed E-state index contributed by atoms with van der Waals surface area (Å²) < 4.78 is 5.23. The maximum absolute atomic E-state index is 12.2. The Bertz CT molecular complexity index is 465. The molecule has 4 heteroatoms. The molecule has 0 spiro atoms. The number of rotatable bonds is 3. The van der Waals surface area contributed by atoms with Crippen molar-refractivity contribution in [3.8, 4) is 5.75 Å². The summed E-state index contributed by atoms with van der Waals surface area (Å²) >= 11 is 0. The third-order valence-corrected chi connectivity index (χ3v) is 3.66. The molecule has 2 N–H and O–H groups in total. The Kier molecular flexibility index (Phi) is 3.30. The van der Waals surface area contributed by atoms with Crippen LogP contribution in [0.25, 0.3) is 0 Å². The van der Waals surface area contributed by atoms with E-state index in [1.165, 1.54) is 0 Å². The molecule has 1 fully saturated rings. The Morgan fingerprint density at radius 2 is 2.17 bits per heavy atom. The van der Waals surface area contributed by atoms with E-state index in [1.54, 1.807) is 18.1 Å². The molecule has 0 bridgehead atoms. The highest BCUT2D eigenvalue weighted by Gasteiger charge is 2.40. The van der Waals surface area contributed by atoms with Gasteiger partial charge in [0.05, 0.1) is 12.6 Å². The molecular formula is C14H20N2O2. The largest absolute Gasteiger partial charge is 0.496 e. The minimum absolute atomic E-state index is 0.0304. The average molecular weight is 248 g/mol. The summed E-state index contributed by atoms with van der Waals surface area (Å²) in [5, 5.41) is 0. The van der Waals surface area contributed by atoms with E-state index in [-0.39, 0.29) is 11.4 Å². The lowest BCUT2D eigenvalue weighted by atomic mass is 9.87. The lowest BCUT2D eigenvalue weighted by molar-refractivity contribution is 0.0401. The first-order chi connectivity index (χ1) is 8.49. The summed E-state index contributed by atoms with van der Waals surface area (Å²) in [6.07, 6.45) is 0.897. The van der Waals surface area contributed by atoms with E-state index in [0.717, 1.165) is 17.7 Å². The number of hydrogen-bond acceptors (Lipinski definition) is 3. The lowest BCUT2D eigenvalue weighted by Crippen LogP contribution is -2.68. The van der Waals surface area contributed by atoms with E-state index in [2.05, 4.69) is 6.92 Å². The SMILES string of the molecule is CCC1(N)CN(C(=O)c2ccc(C)c(OC)c2)C1. The molecule has 0 atom stereocenters. The predicted octanol–water partition coefficient (Wildman–Crippen LogP) is 1.57. The average Bonchev–Trinajstić information content (AvgIpc) is 2.34. The van der Waals surface area contributed by atoms with Crippen LogP contribution >= 0.6 is 0 Å². The Morgan fingerprint density at radius 3 is 2.72 bits per heavy atom. The van der Waals surface area contributed by atoms with Gasteiger partial charge in [0.1, 0.15) is 5.75 Å². The Morgan fingerprint density at radius 1 is 1.50 bits per heavy atom. The number of methoxy groups -OCH3 is 1. The summed E-state index contributed by atoms with van der Waals surface area (Å²) in [6.45, 7) is 5.28. The monoisotopic (exact) mass is 248 g/mol. The second-order valence-corrected chi connectivity index (χ2v) is 5.06. The summed E-state index contributed by atoms with van der Waals surface area (Å²) in [5.41, 5.74) is 7.57. The highest BCUT2D eigenvalue weighted by molar-refractivity contribution is 5.95. The minimum Gasteiger partial charge on any atom is -0.496 e. The number of ether oxygens (including phenoxy) is 1. The molecule has 1 aromatic rings. The van der Waals surface area contributed by atoms with Crippen LogP contribution in [-0.2, 0) is 0 Å². The molecule has 98 valence electrons. The molecule has 1 aliphatic rings. The zero-order valence-electron chi connectivity index (χ0n) is 11.2. The van der Waals surface area contributed by atoms with Crippen molar-refractivity contribution in [2.45, 2.75) is 25.8 Å². The van der Waals surface area contributed by atoms with Gasteiger partial charge in [0, 0.05) is 18.7 Å². The Labute approximate surface area is 108 Å². The van der Waals surface area contributed by atoms with Gasteiger partial charge in [0.25, 0.3) is 5.91 Å². The van der Waals surface area contributed by atoms with Crippen molar-refractivity contribution >= 4 is 5.91 Å². The number of likely N-dealkylation sites (tertiary alicyclic amines) is 1. The topological polar surface area (TPSA) is 55.6 Å². The third kappa shape index (κ3) is 2.20. The van der Waals surface area contributed by atoms with Crippen LogP contribution in [0.5, 0.6) is 5.75 Å². The van der Waals surface area contributed by atoms with Gasteiger partial charge < -0.3 is 15.4 Å². The van der Waals surface area contributed by atoms with Gasteiger partial charge in [-0.2, -0.15) is 0 Å². The van der Waals surface area contributed by atoms with Crippen LogP contribution in [0.4, 0.5) is 0 Å². The van der Waals surface area contributed by atoms with E-state index in [4.69, 9.17) is 10.5 Å². The second-order valence-electron chi connectivity index (χ2n) is 5.06. The number of aryl methyl sites for hydroxylation is 1. The number of benzene rings is 1. The van der Waals surface area contributed by atoms with Crippen LogP contribution in [-0.4, -0.2) is 36.5 Å². The normalized spacial score (nSPS) is 17.2. The Balaban J connectivity index is 2.11. The molecule has 0 aromatic heterocycles. The third-order valence-electron chi connectivity index (χ3n) is 3.66. The molecule has 0 radical (unpaired) electrons. The van der Waals surface area contributed by atoms with Crippen molar-refractivity contribution in [1.82, 2.24) is 4.90 Å². The standard InChI is InChI=1S/C14H20N2O2/c1-4-14(15)8-16(9-14)13(17)11-6-5-10(2)12(7-11)18-3/h5-7H,4,8-9,15H2,1-3H3. The van der Waals surface area contributed by atoms with Gasteiger partial charge in [-0.15, -0.1) is 0 Å². The van der Waals surface area contributed by atoms with Crippen molar-refractivity contribution in [1.29, 1.82) is 0 Å². The molecule has 1 aliphatic heterocycles. The van der Waals surface area contributed by atoms with E-state index < -0.39 is 0 Å². The minimum atomic E-state index is -0.190. The first-order valence-electron chi connectivity index (χ1n) is 6.22. The summed E-state index contributed by atoms with van der Waals surface area (Å²) in [6, 6.07) is 5.53. The molecule has 18 heavy (non-hydrogen) atoms. The van der Waals surface area contributed by atoms with E-state index >= 15 is 0 Å². The van der Waals surface area contributed by atoms with Gasteiger partial charge >= 0.3 is 0 Å². The number of nitrogens with zero attached hydrogens (tertiary/aromatic N) is 1. The van der Waals surface area contributed by atoms with Crippen LogP contribution in [0, 0.1) is 6.92 Å². The Hall–Kier alpha value is -1.55. The van der Waals surface area contributed by atoms with Crippen LogP contribution in [0.2, 0.25) is 0 Å². The fraction of sp³-hybridized carbons (Fsp3) is 0.500. The first kappa shape index (κ1) is 12.9. The molecule has 0 saturated carbocycles. The number of carbonyl (C=O) groups is 1. The zero-order chi connectivity index (χ0) is 13.3. The molecule has 1 aromatic carbocycles. The van der Waals surface area contributed by atoms with Crippen molar-refractivity contribution < 1.29 is 9.53 Å². The smallest absolute Gasteiger partial charge is 0.254 e. The number of nitrogens with two attached hydrogens (primary N) is 1. The van der Waals surface area contributed by atoms with Crippen molar-refractivity contribution in [3.05, 3.63) is 29.3 Å². The van der Waals surface area contributed by atoms with Crippen LogP contribution in [0.1, 0.15) is 29.3 Å². The second kappa shape index (κ2) is 4.61. The van der Waals surface area contributed by atoms with Crippen LogP contribution < -0.4 is 10.5 Å². The molecule has 4 nitrogen and oxygen atoms in total. The maximum Gasteiger partial charge on any atom is 0.254 e. The summed E-state index contributed by atoms with van der Waals surface area (Å²) in [5.74, 6) is 0.777. The molecule has 1 amide bonds. The fourth-order valence-electron chi connectivity index (χ4n) is 2.22.